The van der Waals surface area contributed by atoms with Crippen LogP contribution < -0.4 is 0 Å². The van der Waals surface area contributed by atoms with Gasteiger partial charge in [0.15, 0.2) is 6.04 Å². The highest BCUT2D eigenvalue weighted by molar-refractivity contribution is 8.04. The van der Waals surface area contributed by atoms with E-state index in [4.69, 9.17) is 15.1 Å². The molecule has 4 N–H and O–H groups in total. The Morgan fingerprint density at radius 3 is 2.50 bits per heavy atom. The Bertz CT molecular complexity index is 647. The lowest BCUT2D eigenvalue weighted by atomic mass is 10.0. The topological polar surface area (TPSA) is 143 Å². The normalized spacial score (nSPS) is 22.0. The summed E-state index contributed by atoms with van der Waals surface area (Å²) >= 11 is 0.534. The SMILES string of the molecule is N#CSC(C1N=C(c2ccccc2)OC1=O)[C@H](O)[C@@H](O)[C@H](O)CO. The molecule has 8 nitrogen and oxygen atoms in total. The summed E-state index contributed by atoms with van der Waals surface area (Å²) in [5, 5.41) is 47.8. The molecule has 1 heterocycles. The number of ether oxygens (including phenoxy) is 1. The summed E-state index contributed by atoms with van der Waals surface area (Å²) in [6, 6.07) is 7.39. The predicted molar refractivity (Wildman–Crippen MR) is 85.0 cm³/mol. The van der Waals surface area contributed by atoms with Crippen molar-refractivity contribution in [1.29, 1.82) is 5.26 Å². The Morgan fingerprint density at radius 2 is 1.92 bits per heavy atom. The van der Waals surface area contributed by atoms with E-state index in [1.165, 1.54) is 0 Å². The van der Waals surface area contributed by atoms with Gasteiger partial charge in [0.25, 0.3) is 0 Å². The van der Waals surface area contributed by atoms with Gasteiger partial charge in [-0.3, -0.25) is 0 Å². The molecule has 0 aromatic heterocycles. The highest BCUT2D eigenvalue weighted by Crippen LogP contribution is 2.28. The Kier molecular flexibility index (Phi) is 6.30. The van der Waals surface area contributed by atoms with Crippen LogP contribution in [-0.2, 0) is 9.53 Å². The molecule has 9 heteroatoms. The van der Waals surface area contributed by atoms with Crippen molar-refractivity contribution in [2.45, 2.75) is 29.6 Å². The van der Waals surface area contributed by atoms with Gasteiger partial charge in [-0.05, 0) is 23.9 Å². The number of benzene rings is 1. The number of thiocyanates is 1. The van der Waals surface area contributed by atoms with E-state index < -0.39 is 42.2 Å². The molecule has 2 unspecified atom stereocenters. The number of hydrogen-bond donors (Lipinski definition) is 4. The number of esters is 1. The molecular formula is C15H16N2O6S. The van der Waals surface area contributed by atoms with E-state index in [0.29, 0.717) is 17.3 Å². The fourth-order valence-electron chi connectivity index (χ4n) is 2.19. The predicted octanol–water partition coefficient (Wildman–Crippen LogP) is -0.984. The molecule has 0 aliphatic carbocycles. The Morgan fingerprint density at radius 1 is 1.25 bits per heavy atom. The van der Waals surface area contributed by atoms with Crippen LogP contribution in [0.1, 0.15) is 5.56 Å². The second kappa shape index (κ2) is 8.23. The maximum absolute atomic E-state index is 12.1. The second-order valence-corrected chi connectivity index (χ2v) is 6.03. The maximum atomic E-state index is 12.1. The van der Waals surface area contributed by atoms with Gasteiger partial charge in [0.2, 0.25) is 5.90 Å². The van der Waals surface area contributed by atoms with Crippen molar-refractivity contribution in [3.8, 4) is 5.40 Å². The van der Waals surface area contributed by atoms with Crippen LogP contribution in [-0.4, -0.2) is 68.5 Å². The van der Waals surface area contributed by atoms with E-state index in [0.717, 1.165) is 0 Å². The number of carbonyl (C=O) groups is 1. The molecule has 5 atom stereocenters. The molecule has 0 saturated heterocycles. The molecule has 0 saturated carbocycles. The number of aliphatic hydroxyl groups excluding tert-OH is 4. The number of thioether (sulfide) groups is 1. The molecule has 128 valence electrons. The van der Waals surface area contributed by atoms with Crippen LogP contribution in [0.2, 0.25) is 0 Å². The number of aliphatic hydroxyl groups is 4. The summed E-state index contributed by atoms with van der Waals surface area (Å²) in [5.74, 6) is -0.718. The lowest BCUT2D eigenvalue weighted by Gasteiger charge is -2.27. The van der Waals surface area contributed by atoms with Crippen molar-refractivity contribution in [3.63, 3.8) is 0 Å². The Labute approximate surface area is 142 Å². The third kappa shape index (κ3) is 3.92. The van der Waals surface area contributed by atoms with E-state index >= 15 is 0 Å². The molecule has 0 amide bonds. The van der Waals surface area contributed by atoms with Gasteiger partial charge in [0, 0.05) is 5.56 Å². The summed E-state index contributed by atoms with van der Waals surface area (Å²) in [6.45, 7) is -0.782. The van der Waals surface area contributed by atoms with E-state index in [1.807, 2.05) is 0 Å². The highest BCUT2D eigenvalue weighted by atomic mass is 32.2. The largest absolute Gasteiger partial charge is 0.406 e. The zero-order valence-electron chi connectivity index (χ0n) is 12.4. The summed E-state index contributed by atoms with van der Waals surface area (Å²) < 4.78 is 5.09. The Hall–Kier alpha value is -1.96. The summed E-state index contributed by atoms with van der Waals surface area (Å²) in [7, 11) is 0. The van der Waals surface area contributed by atoms with Crippen molar-refractivity contribution in [1.82, 2.24) is 0 Å². The molecular weight excluding hydrogens is 336 g/mol. The molecule has 1 aliphatic heterocycles. The maximum Gasteiger partial charge on any atom is 0.339 e. The smallest absolute Gasteiger partial charge is 0.339 e. The van der Waals surface area contributed by atoms with Crippen LogP contribution in [0.25, 0.3) is 0 Å². The third-order valence-corrected chi connectivity index (χ3v) is 4.40. The van der Waals surface area contributed by atoms with Gasteiger partial charge in [0.05, 0.1) is 18.0 Å². The summed E-state index contributed by atoms with van der Waals surface area (Å²) in [5.41, 5.74) is 0.555. The molecule has 1 aromatic rings. The third-order valence-electron chi connectivity index (χ3n) is 3.48. The van der Waals surface area contributed by atoms with Gasteiger partial charge >= 0.3 is 5.97 Å². The average molecular weight is 352 g/mol. The first-order chi connectivity index (χ1) is 11.5. The first kappa shape index (κ1) is 18.4. The number of hydrogen-bond acceptors (Lipinski definition) is 9. The van der Waals surface area contributed by atoms with Crippen molar-refractivity contribution < 1.29 is 30.0 Å². The van der Waals surface area contributed by atoms with Crippen LogP contribution in [0.4, 0.5) is 0 Å². The van der Waals surface area contributed by atoms with Crippen molar-refractivity contribution in [2.24, 2.45) is 4.99 Å². The molecule has 24 heavy (non-hydrogen) atoms. The number of aliphatic imine (C=N–C) groups is 1. The van der Waals surface area contributed by atoms with Crippen LogP contribution in [0, 0.1) is 10.7 Å². The van der Waals surface area contributed by atoms with E-state index in [-0.39, 0.29) is 5.90 Å². The molecule has 0 radical (unpaired) electrons. The van der Waals surface area contributed by atoms with Gasteiger partial charge < -0.3 is 25.2 Å². The number of cyclic esters (lactones) is 1. The first-order valence-corrected chi connectivity index (χ1v) is 7.92. The van der Waals surface area contributed by atoms with E-state index in [9.17, 15) is 20.1 Å². The van der Waals surface area contributed by atoms with E-state index in [1.54, 1.807) is 35.7 Å². The molecule has 0 fully saturated rings. The van der Waals surface area contributed by atoms with Gasteiger partial charge in [-0.2, -0.15) is 5.26 Å². The summed E-state index contributed by atoms with van der Waals surface area (Å²) in [4.78, 5) is 16.2. The van der Waals surface area contributed by atoms with Crippen molar-refractivity contribution in [2.75, 3.05) is 6.61 Å². The minimum absolute atomic E-state index is 0.0542. The highest BCUT2D eigenvalue weighted by Gasteiger charge is 2.44. The van der Waals surface area contributed by atoms with Gasteiger partial charge in [0.1, 0.15) is 17.6 Å². The van der Waals surface area contributed by atoms with Gasteiger partial charge in [-0.1, -0.05) is 18.2 Å². The van der Waals surface area contributed by atoms with Gasteiger partial charge in [-0.25, -0.2) is 9.79 Å². The zero-order chi connectivity index (χ0) is 17.7. The van der Waals surface area contributed by atoms with Crippen LogP contribution in [0.3, 0.4) is 0 Å². The van der Waals surface area contributed by atoms with Crippen molar-refractivity contribution >= 4 is 23.6 Å². The number of carbonyl (C=O) groups excluding carboxylic acids is 1. The standard InChI is InChI=1S/C15H16N2O6S/c16-7-24-13(12(21)11(20)9(19)6-18)10-15(22)23-14(17-10)8-4-2-1-3-5-8/h1-5,9-13,18-21H,6H2/t9-,10?,11+,12-,13?/m1/s1. The van der Waals surface area contributed by atoms with Crippen LogP contribution in [0.5, 0.6) is 0 Å². The molecule has 1 aromatic carbocycles. The molecule has 1 aliphatic rings. The lowest BCUT2D eigenvalue weighted by molar-refractivity contribution is -0.136. The number of nitriles is 1. The Balaban J connectivity index is 2.26. The average Bonchev–Trinajstić information content (AvgIpc) is 3.00. The first-order valence-electron chi connectivity index (χ1n) is 7.04. The van der Waals surface area contributed by atoms with Crippen LogP contribution in [0.15, 0.2) is 35.3 Å². The van der Waals surface area contributed by atoms with Crippen molar-refractivity contribution in [3.05, 3.63) is 35.9 Å². The molecule has 2 rings (SSSR count). The molecule has 0 bridgehead atoms. The van der Waals surface area contributed by atoms with Crippen LogP contribution >= 0.6 is 11.8 Å². The zero-order valence-corrected chi connectivity index (χ0v) is 13.2. The fraction of sp³-hybridized carbons (Fsp3) is 0.400. The number of rotatable bonds is 7. The number of nitrogens with zero attached hydrogens (tertiary/aromatic N) is 2. The second-order valence-electron chi connectivity index (χ2n) is 5.07. The lowest BCUT2D eigenvalue weighted by Crippen LogP contribution is -2.49. The summed E-state index contributed by atoms with van der Waals surface area (Å²) in [6.07, 6.45) is -5.03. The van der Waals surface area contributed by atoms with Gasteiger partial charge in [-0.15, -0.1) is 0 Å². The fourth-order valence-corrected chi connectivity index (χ4v) is 2.92. The monoisotopic (exact) mass is 352 g/mol. The molecule has 0 spiro atoms. The van der Waals surface area contributed by atoms with E-state index in [2.05, 4.69) is 4.99 Å². The minimum atomic E-state index is -1.75. The quantitative estimate of drug-likeness (QED) is 0.362. The minimum Gasteiger partial charge on any atom is -0.406 e.